The van der Waals surface area contributed by atoms with Gasteiger partial charge in [-0.3, -0.25) is 14.3 Å². The quantitative estimate of drug-likeness (QED) is 0.341. The zero-order valence-electron chi connectivity index (χ0n) is 26.5. The summed E-state index contributed by atoms with van der Waals surface area (Å²) in [6, 6.07) is 17.5. The Morgan fingerprint density at radius 3 is 2.57 bits per heavy atom. The van der Waals surface area contributed by atoms with E-state index in [0.717, 1.165) is 41.3 Å². The molecule has 0 saturated heterocycles. The second kappa shape index (κ2) is 11.5. The monoisotopic (exact) mass is 626 g/mol. The number of aromatic nitrogens is 2. The van der Waals surface area contributed by atoms with E-state index in [1.165, 1.54) is 0 Å². The first-order valence-corrected chi connectivity index (χ1v) is 16.5. The number of esters is 1. The number of fused-ring (bicyclic) bond motifs is 6. The number of aliphatic hydroxyl groups excluding tert-OH is 1. The summed E-state index contributed by atoms with van der Waals surface area (Å²) >= 11 is 0. The fraction of sp³-hybridized carbons (Fsp3) is 0.514. The lowest BCUT2D eigenvalue weighted by Gasteiger charge is -2.60. The second-order valence-electron chi connectivity index (χ2n) is 14.3. The zero-order valence-corrected chi connectivity index (χ0v) is 26.5. The number of rotatable bonds is 8. The van der Waals surface area contributed by atoms with Crippen molar-refractivity contribution < 1.29 is 34.1 Å². The van der Waals surface area contributed by atoms with Crippen molar-refractivity contribution in [3.63, 3.8) is 0 Å². The number of carbonyl (C=O) groups excluding carboxylic acids is 3. The minimum absolute atomic E-state index is 0.0154. The van der Waals surface area contributed by atoms with Crippen molar-refractivity contribution in [1.29, 1.82) is 0 Å². The molecule has 1 heterocycles. The van der Waals surface area contributed by atoms with Crippen LogP contribution < -0.4 is 4.74 Å². The van der Waals surface area contributed by atoms with E-state index in [1.807, 2.05) is 66.2 Å². The maximum Gasteiger partial charge on any atom is 0.344 e. The van der Waals surface area contributed by atoms with Crippen LogP contribution in [0.2, 0.25) is 0 Å². The zero-order chi connectivity index (χ0) is 32.3. The molecule has 3 saturated carbocycles. The van der Waals surface area contributed by atoms with E-state index < -0.39 is 42.1 Å². The average Bonchev–Trinajstić information content (AvgIpc) is 3.53. The van der Waals surface area contributed by atoms with Gasteiger partial charge in [-0.1, -0.05) is 61.9 Å². The molecule has 9 heteroatoms. The number of ketones is 2. The maximum absolute atomic E-state index is 13.6. The number of hydrogen-bond donors (Lipinski definition) is 2. The van der Waals surface area contributed by atoms with Gasteiger partial charge in [0.05, 0.1) is 23.6 Å². The molecule has 9 nitrogen and oxygen atoms in total. The third-order valence-electron chi connectivity index (χ3n) is 12.0. The van der Waals surface area contributed by atoms with Crippen LogP contribution in [0.4, 0.5) is 0 Å². The molecule has 0 bridgehead atoms. The van der Waals surface area contributed by atoms with Gasteiger partial charge in [0.2, 0.25) is 11.7 Å². The Labute approximate surface area is 268 Å². The van der Waals surface area contributed by atoms with Gasteiger partial charge in [-0.2, -0.15) is 0 Å². The lowest BCUT2D eigenvalue weighted by molar-refractivity contribution is -0.184. The van der Waals surface area contributed by atoms with Gasteiger partial charge in [-0.05, 0) is 85.5 Å². The van der Waals surface area contributed by atoms with Crippen molar-refractivity contribution in [3.8, 4) is 5.88 Å². The van der Waals surface area contributed by atoms with E-state index in [4.69, 9.17) is 9.47 Å². The van der Waals surface area contributed by atoms with Gasteiger partial charge >= 0.3 is 5.97 Å². The molecule has 0 aliphatic heterocycles. The molecule has 4 aliphatic carbocycles. The van der Waals surface area contributed by atoms with Gasteiger partial charge < -0.3 is 19.7 Å². The van der Waals surface area contributed by atoms with E-state index >= 15 is 0 Å². The molecule has 0 amide bonds. The van der Waals surface area contributed by atoms with Gasteiger partial charge in [0.15, 0.2) is 19.0 Å². The van der Waals surface area contributed by atoms with Gasteiger partial charge in [0.25, 0.3) is 0 Å². The smallest absolute Gasteiger partial charge is 0.344 e. The molecule has 0 radical (unpaired) electrons. The number of carbonyl (C=O) groups is 3. The largest absolute Gasteiger partial charge is 0.464 e. The molecule has 7 atom stereocenters. The first-order valence-electron chi connectivity index (χ1n) is 16.5. The number of hydrogen-bond acceptors (Lipinski definition) is 8. The lowest BCUT2D eigenvalue weighted by Crippen LogP contribution is -2.62. The lowest BCUT2D eigenvalue weighted by atomic mass is 9.45. The normalized spacial score (nSPS) is 33.5. The van der Waals surface area contributed by atoms with Gasteiger partial charge in [0, 0.05) is 11.8 Å². The predicted molar refractivity (Wildman–Crippen MR) is 170 cm³/mol. The van der Waals surface area contributed by atoms with E-state index in [2.05, 4.69) is 12.0 Å². The summed E-state index contributed by atoms with van der Waals surface area (Å²) in [5.41, 5.74) is 0.273. The molecule has 3 aromatic rings. The summed E-state index contributed by atoms with van der Waals surface area (Å²) in [7, 11) is 0. The fourth-order valence-electron chi connectivity index (χ4n) is 9.67. The molecule has 7 rings (SSSR count). The Kier molecular flexibility index (Phi) is 7.67. The van der Waals surface area contributed by atoms with Gasteiger partial charge in [-0.15, -0.1) is 5.10 Å². The molecule has 4 aliphatic rings. The third kappa shape index (κ3) is 4.90. The van der Waals surface area contributed by atoms with Crippen molar-refractivity contribution in [2.45, 2.75) is 77.0 Å². The SMILES string of the molecule is CC12CCC(=O)C=C1CCC1C2C(O)CC2(C)C1CCC2(O)C(=O)COC(=O)COc1nn(Cc2ccccc2)c2ccccc12. The van der Waals surface area contributed by atoms with Crippen molar-refractivity contribution in [2.75, 3.05) is 13.2 Å². The van der Waals surface area contributed by atoms with Gasteiger partial charge in [-0.25, -0.2) is 4.79 Å². The predicted octanol–water partition coefficient (Wildman–Crippen LogP) is 4.81. The van der Waals surface area contributed by atoms with Crippen molar-refractivity contribution in [2.24, 2.45) is 28.6 Å². The van der Waals surface area contributed by atoms with Gasteiger partial charge in [0.1, 0.15) is 5.60 Å². The number of Topliss-reactive ketones (excluding diaryl/α,β-unsaturated/α-hetero) is 1. The van der Waals surface area contributed by atoms with E-state index in [0.29, 0.717) is 25.3 Å². The summed E-state index contributed by atoms with van der Waals surface area (Å²) < 4.78 is 13.0. The summed E-state index contributed by atoms with van der Waals surface area (Å²) in [5, 5.41) is 28.9. The Hall–Kier alpha value is -3.82. The van der Waals surface area contributed by atoms with Crippen LogP contribution in [0.25, 0.3) is 10.9 Å². The molecule has 46 heavy (non-hydrogen) atoms. The highest BCUT2D eigenvalue weighted by Gasteiger charge is 2.68. The number of para-hydroxylation sites is 1. The third-order valence-corrected chi connectivity index (χ3v) is 12.0. The van der Waals surface area contributed by atoms with Crippen LogP contribution in [-0.4, -0.2) is 62.4 Å². The molecule has 7 unspecified atom stereocenters. The minimum atomic E-state index is -1.71. The highest BCUT2D eigenvalue weighted by molar-refractivity contribution is 5.92. The van der Waals surface area contributed by atoms with Crippen molar-refractivity contribution >= 4 is 28.4 Å². The first-order chi connectivity index (χ1) is 22.0. The van der Waals surface area contributed by atoms with E-state index in [9.17, 15) is 24.6 Å². The van der Waals surface area contributed by atoms with Crippen LogP contribution >= 0.6 is 0 Å². The number of allylic oxidation sites excluding steroid dienone is 1. The number of aliphatic hydroxyl groups is 2. The highest BCUT2D eigenvalue weighted by Crippen LogP contribution is 2.67. The topological polar surface area (TPSA) is 128 Å². The molecule has 3 fully saturated rings. The standard InChI is InChI=1S/C37H42N2O7/c1-35-16-14-25(40)18-24(35)12-13-26-28-15-17-37(44,36(28,2)19-30(41)33(26)35)31(42)21-45-32(43)22-46-34-27-10-6-7-11-29(27)39(38-34)20-23-8-4-3-5-9-23/h3-11,18,26,28,30,33,41,44H,12-17,19-22H2,1-2H3. The summed E-state index contributed by atoms with van der Waals surface area (Å²) in [6.07, 6.45) is 5.13. The minimum Gasteiger partial charge on any atom is -0.464 e. The number of ether oxygens (including phenoxy) is 2. The Morgan fingerprint density at radius 2 is 1.76 bits per heavy atom. The Bertz CT molecular complexity index is 1710. The molecule has 2 N–H and O–H groups in total. The highest BCUT2D eigenvalue weighted by atomic mass is 16.6. The van der Waals surface area contributed by atoms with E-state index in [-0.39, 0.29) is 41.8 Å². The molecule has 1 aromatic heterocycles. The second-order valence-corrected chi connectivity index (χ2v) is 14.3. The van der Waals surface area contributed by atoms with Crippen LogP contribution in [0.1, 0.15) is 64.4 Å². The molecule has 242 valence electrons. The average molecular weight is 627 g/mol. The summed E-state index contributed by atoms with van der Waals surface area (Å²) in [6.45, 7) is 3.63. The maximum atomic E-state index is 13.6. The van der Waals surface area contributed by atoms with Crippen LogP contribution in [0.15, 0.2) is 66.2 Å². The Balaban J connectivity index is 1.00. The summed E-state index contributed by atoms with van der Waals surface area (Å²) in [5.74, 6) is -0.644. The fourth-order valence-corrected chi connectivity index (χ4v) is 9.67. The molecule has 2 aromatic carbocycles. The van der Waals surface area contributed by atoms with Crippen LogP contribution in [0.5, 0.6) is 5.88 Å². The number of benzene rings is 2. The Morgan fingerprint density at radius 1 is 1.00 bits per heavy atom. The molecule has 0 spiro atoms. The number of nitrogens with zero attached hydrogens (tertiary/aromatic N) is 2. The molecular weight excluding hydrogens is 584 g/mol. The summed E-state index contributed by atoms with van der Waals surface area (Å²) in [4.78, 5) is 38.6. The van der Waals surface area contributed by atoms with E-state index in [1.54, 1.807) is 6.08 Å². The van der Waals surface area contributed by atoms with Crippen molar-refractivity contribution in [1.82, 2.24) is 9.78 Å². The molecular formula is C37H42N2O7. The van der Waals surface area contributed by atoms with Crippen LogP contribution in [-0.2, 0) is 25.7 Å². The van der Waals surface area contributed by atoms with Crippen molar-refractivity contribution in [3.05, 3.63) is 71.8 Å². The first kappa shape index (κ1) is 30.8. The van der Waals surface area contributed by atoms with Crippen LogP contribution in [0, 0.1) is 28.6 Å². The van der Waals surface area contributed by atoms with Crippen LogP contribution in [0.3, 0.4) is 0 Å².